The second-order valence-corrected chi connectivity index (χ2v) is 5.57. The van der Waals surface area contributed by atoms with Gasteiger partial charge >= 0.3 is 0 Å². The molecule has 0 aliphatic rings. The minimum atomic E-state index is -0.149. The van der Waals surface area contributed by atoms with Crippen LogP contribution in [0.4, 0.5) is 0 Å². The Bertz CT molecular complexity index is 740. The van der Waals surface area contributed by atoms with E-state index in [1.165, 1.54) is 17.8 Å². The topological polar surface area (TPSA) is 104 Å². The molecule has 0 amide bonds. The first-order valence-corrected chi connectivity index (χ1v) is 7.26. The number of nitrogens with two attached hydrogens (primary N) is 1. The van der Waals surface area contributed by atoms with E-state index < -0.39 is 0 Å². The summed E-state index contributed by atoms with van der Waals surface area (Å²) >= 11 is 1.46. The Morgan fingerprint density at radius 1 is 1.43 bits per heavy atom. The fourth-order valence-electron chi connectivity index (χ4n) is 1.84. The lowest BCUT2D eigenvalue weighted by Gasteiger charge is -2.07. The monoisotopic (exact) mass is 304 g/mol. The van der Waals surface area contributed by atoms with Gasteiger partial charge in [-0.05, 0) is 31.0 Å². The van der Waals surface area contributed by atoms with Crippen molar-refractivity contribution in [3.63, 3.8) is 0 Å². The summed E-state index contributed by atoms with van der Waals surface area (Å²) in [4.78, 5) is 18.4. The van der Waals surface area contributed by atoms with E-state index in [2.05, 4.69) is 15.1 Å². The third-order valence-electron chi connectivity index (χ3n) is 2.96. The van der Waals surface area contributed by atoms with Crippen molar-refractivity contribution >= 4 is 17.6 Å². The maximum absolute atomic E-state index is 11.4. The van der Waals surface area contributed by atoms with E-state index in [-0.39, 0.29) is 11.4 Å². The van der Waals surface area contributed by atoms with Gasteiger partial charge in [0, 0.05) is 23.1 Å². The van der Waals surface area contributed by atoms with Crippen LogP contribution in [-0.4, -0.2) is 21.0 Å². The first-order valence-electron chi connectivity index (χ1n) is 6.28. The summed E-state index contributed by atoms with van der Waals surface area (Å²) in [5.41, 5.74) is 8.90. The standard InChI is InChI=1S/C14H16N4O2S/c1-8-5-10(13(15)18-20)3-4-11(8)7-21-14-16-9(2)6-12(19)17-14/h3-6,20H,7H2,1-2H3,(H2,15,18)(H,16,17,19). The molecule has 6 nitrogen and oxygen atoms in total. The summed E-state index contributed by atoms with van der Waals surface area (Å²) in [5.74, 6) is 0.760. The zero-order chi connectivity index (χ0) is 15.4. The summed E-state index contributed by atoms with van der Waals surface area (Å²) in [6, 6.07) is 7.03. The van der Waals surface area contributed by atoms with Crippen LogP contribution in [0.5, 0.6) is 0 Å². The smallest absolute Gasteiger partial charge is 0.251 e. The van der Waals surface area contributed by atoms with Crippen molar-refractivity contribution in [3.8, 4) is 0 Å². The highest BCUT2D eigenvalue weighted by molar-refractivity contribution is 7.98. The predicted molar refractivity (Wildman–Crippen MR) is 82.8 cm³/mol. The molecule has 0 bridgehead atoms. The normalized spacial score (nSPS) is 11.6. The van der Waals surface area contributed by atoms with Crippen molar-refractivity contribution in [2.45, 2.75) is 24.8 Å². The lowest BCUT2D eigenvalue weighted by molar-refractivity contribution is 0.318. The van der Waals surface area contributed by atoms with E-state index in [9.17, 15) is 4.79 Å². The van der Waals surface area contributed by atoms with Crippen LogP contribution in [-0.2, 0) is 5.75 Å². The molecule has 7 heteroatoms. The van der Waals surface area contributed by atoms with Crippen molar-refractivity contribution in [1.82, 2.24) is 9.97 Å². The molecular weight excluding hydrogens is 288 g/mol. The summed E-state index contributed by atoms with van der Waals surface area (Å²) < 4.78 is 0. The van der Waals surface area contributed by atoms with Gasteiger partial charge in [0.15, 0.2) is 11.0 Å². The molecule has 0 aliphatic heterocycles. The molecule has 0 spiro atoms. The second kappa shape index (κ2) is 6.45. The molecule has 0 unspecified atom stereocenters. The molecule has 1 heterocycles. The molecular formula is C14H16N4O2S. The van der Waals surface area contributed by atoms with Crippen LogP contribution in [0, 0.1) is 13.8 Å². The Hall–Kier alpha value is -2.28. The molecule has 1 aromatic carbocycles. The number of aromatic amines is 1. The number of nitrogens with zero attached hydrogens (tertiary/aromatic N) is 2. The van der Waals surface area contributed by atoms with E-state index in [1.807, 2.05) is 19.1 Å². The quantitative estimate of drug-likeness (QED) is 0.199. The minimum absolute atomic E-state index is 0.0852. The fourth-order valence-corrected chi connectivity index (χ4v) is 2.84. The van der Waals surface area contributed by atoms with E-state index in [4.69, 9.17) is 10.9 Å². The number of rotatable bonds is 4. The van der Waals surface area contributed by atoms with Gasteiger partial charge in [0.05, 0.1) is 0 Å². The molecule has 0 radical (unpaired) electrons. The molecule has 0 saturated carbocycles. The van der Waals surface area contributed by atoms with E-state index in [0.29, 0.717) is 22.2 Å². The first-order chi connectivity index (χ1) is 9.99. The highest BCUT2D eigenvalue weighted by Crippen LogP contribution is 2.21. The third-order valence-corrected chi connectivity index (χ3v) is 3.88. The average molecular weight is 304 g/mol. The lowest BCUT2D eigenvalue weighted by Crippen LogP contribution is -2.13. The number of aromatic nitrogens is 2. The molecule has 1 aromatic heterocycles. The van der Waals surface area contributed by atoms with Gasteiger partial charge in [-0.1, -0.05) is 29.1 Å². The SMILES string of the molecule is Cc1cc(=O)[nH]c(SCc2ccc(/C(N)=N/O)cc2C)n1. The van der Waals surface area contributed by atoms with Crippen molar-refractivity contribution in [2.24, 2.45) is 10.9 Å². The van der Waals surface area contributed by atoms with Gasteiger partial charge in [0.1, 0.15) is 0 Å². The van der Waals surface area contributed by atoms with Crippen molar-refractivity contribution in [1.29, 1.82) is 0 Å². The second-order valence-electron chi connectivity index (χ2n) is 4.61. The number of H-pyrrole nitrogens is 1. The third kappa shape index (κ3) is 3.85. The molecule has 0 atom stereocenters. The number of aryl methyl sites for hydroxylation is 2. The zero-order valence-electron chi connectivity index (χ0n) is 11.8. The average Bonchev–Trinajstić information content (AvgIpc) is 2.44. The lowest BCUT2D eigenvalue weighted by atomic mass is 10.1. The number of oxime groups is 1. The predicted octanol–water partition coefficient (Wildman–Crippen LogP) is 1.77. The maximum atomic E-state index is 11.4. The van der Waals surface area contributed by atoms with Gasteiger partial charge in [-0.2, -0.15) is 0 Å². The molecule has 4 N–H and O–H groups in total. The number of thioether (sulfide) groups is 1. The first kappa shape index (κ1) is 15.1. The molecule has 0 saturated heterocycles. The molecule has 0 aliphatic carbocycles. The van der Waals surface area contributed by atoms with E-state index in [1.54, 1.807) is 13.0 Å². The van der Waals surface area contributed by atoms with Crippen LogP contribution in [0.15, 0.2) is 39.4 Å². The zero-order valence-corrected chi connectivity index (χ0v) is 12.6. The number of hydrogen-bond acceptors (Lipinski definition) is 5. The number of nitrogens with one attached hydrogen (secondary N) is 1. The van der Waals surface area contributed by atoms with Gasteiger partial charge in [-0.3, -0.25) is 4.79 Å². The van der Waals surface area contributed by atoms with Crippen LogP contribution in [0.2, 0.25) is 0 Å². The minimum Gasteiger partial charge on any atom is -0.409 e. The van der Waals surface area contributed by atoms with Crippen LogP contribution in [0.25, 0.3) is 0 Å². The molecule has 2 aromatic rings. The Balaban J connectivity index is 2.15. The van der Waals surface area contributed by atoms with Crippen LogP contribution in [0.1, 0.15) is 22.4 Å². The highest BCUT2D eigenvalue weighted by atomic mass is 32.2. The highest BCUT2D eigenvalue weighted by Gasteiger charge is 2.06. The number of benzene rings is 1. The van der Waals surface area contributed by atoms with Crippen molar-refractivity contribution in [3.05, 3.63) is 57.0 Å². The van der Waals surface area contributed by atoms with Crippen LogP contribution in [0.3, 0.4) is 0 Å². The van der Waals surface area contributed by atoms with Gasteiger partial charge in [0.25, 0.3) is 5.56 Å². The van der Waals surface area contributed by atoms with Crippen LogP contribution >= 0.6 is 11.8 Å². The molecule has 110 valence electrons. The Kier molecular flexibility index (Phi) is 4.64. The summed E-state index contributed by atoms with van der Waals surface area (Å²) in [6.07, 6.45) is 0. The largest absolute Gasteiger partial charge is 0.409 e. The maximum Gasteiger partial charge on any atom is 0.251 e. The van der Waals surface area contributed by atoms with Crippen molar-refractivity contribution in [2.75, 3.05) is 0 Å². The van der Waals surface area contributed by atoms with Gasteiger partial charge < -0.3 is 15.9 Å². The Morgan fingerprint density at radius 3 is 2.81 bits per heavy atom. The summed E-state index contributed by atoms with van der Waals surface area (Å²) in [5, 5.41) is 12.2. The van der Waals surface area contributed by atoms with E-state index in [0.717, 1.165) is 11.1 Å². The Morgan fingerprint density at radius 2 is 2.19 bits per heavy atom. The Labute approximate surface area is 126 Å². The van der Waals surface area contributed by atoms with Crippen LogP contribution < -0.4 is 11.3 Å². The van der Waals surface area contributed by atoms with Gasteiger partial charge in [-0.25, -0.2) is 4.98 Å². The van der Waals surface area contributed by atoms with Gasteiger partial charge in [0.2, 0.25) is 0 Å². The molecule has 2 rings (SSSR count). The summed E-state index contributed by atoms with van der Waals surface area (Å²) in [7, 11) is 0. The fraction of sp³-hybridized carbons (Fsp3) is 0.214. The molecule has 21 heavy (non-hydrogen) atoms. The summed E-state index contributed by atoms with van der Waals surface area (Å²) in [6.45, 7) is 3.74. The molecule has 0 fully saturated rings. The number of amidine groups is 1. The number of hydrogen-bond donors (Lipinski definition) is 3. The van der Waals surface area contributed by atoms with Gasteiger partial charge in [-0.15, -0.1) is 0 Å². The van der Waals surface area contributed by atoms with E-state index >= 15 is 0 Å². The van der Waals surface area contributed by atoms with Crippen molar-refractivity contribution < 1.29 is 5.21 Å².